The third-order valence-electron chi connectivity index (χ3n) is 3.38. The van der Waals surface area contributed by atoms with Gasteiger partial charge in [-0.1, -0.05) is 6.92 Å². The molecule has 1 amide bonds. The Kier molecular flexibility index (Phi) is 4.57. The highest BCUT2D eigenvalue weighted by Crippen LogP contribution is 2.18. The van der Waals surface area contributed by atoms with E-state index in [1.165, 1.54) is 12.1 Å². The minimum Gasteiger partial charge on any atom is -0.350 e. The van der Waals surface area contributed by atoms with Gasteiger partial charge in [-0.15, -0.1) is 11.3 Å². The summed E-state index contributed by atoms with van der Waals surface area (Å²) in [6.07, 6.45) is 0. The molecular weight excluding hydrogens is 286 g/mol. The van der Waals surface area contributed by atoms with E-state index >= 15 is 0 Å². The Bertz CT molecular complexity index is 718. The number of rotatable bonds is 4. The maximum absolute atomic E-state index is 12.2. The fourth-order valence-corrected chi connectivity index (χ4v) is 2.86. The summed E-state index contributed by atoms with van der Waals surface area (Å²) in [6.45, 7) is 6.27. The van der Waals surface area contributed by atoms with E-state index in [2.05, 4.69) is 10.3 Å². The predicted molar refractivity (Wildman–Crippen MR) is 84.0 cm³/mol. The standard InChI is InChI=1S/C15H19N3O2S/c1-9(15-17-10(2)8-21-15)7-16-14(20)13-6-12(19)5-11(3)18(13)4/h5-6,8-9H,7H2,1-4H3,(H,16,20)/t9-/m1/s1. The number of amides is 1. The summed E-state index contributed by atoms with van der Waals surface area (Å²) >= 11 is 1.60. The van der Waals surface area contributed by atoms with Gasteiger partial charge in [-0.2, -0.15) is 0 Å². The number of carbonyl (C=O) groups excluding carboxylic acids is 1. The van der Waals surface area contributed by atoms with Crippen LogP contribution >= 0.6 is 11.3 Å². The SMILES string of the molecule is Cc1csc([C@H](C)CNC(=O)c2cc(=O)cc(C)n2C)n1. The molecule has 2 heterocycles. The smallest absolute Gasteiger partial charge is 0.268 e. The summed E-state index contributed by atoms with van der Waals surface area (Å²) in [6, 6.07) is 2.87. The van der Waals surface area contributed by atoms with Crippen molar-refractivity contribution in [1.82, 2.24) is 14.9 Å². The molecule has 0 bridgehead atoms. The Morgan fingerprint density at radius 3 is 2.76 bits per heavy atom. The van der Waals surface area contributed by atoms with Crippen LogP contribution in [0.1, 0.15) is 39.7 Å². The van der Waals surface area contributed by atoms with Gasteiger partial charge >= 0.3 is 0 Å². The number of nitrogens with one attached hydrogen (secondary N) is 1. The van der Waals surface area contributed by atoms with Crippen molar-refractivity contribution in [2.24, 2.45) is 7.05 Å². The molecule has 1 N–H and O–H groups in total. The van der Waals surface area contributed by atoms with Gasteiger partial charge in [-0.3, -0.25) is 9.59 Å². The Morgan fingerprint density at radius 1 is 1.43 bits per heavy atom. The van der Waals surface area contributed by atoms with E-state index in [-0.39, 0.29) is 17.3 Å². The fourth-order valence-electron chi connectivity index (χ4n) is 2.01. The first kappa shape index (κ1) is 15.4. The second kappa shape index (κ2) is 6.22. The summed E-state index contributed by atoms with van der Waals surface area (Å²) < 4.78 is 1.72. The lowest BCUT2D eigenvalue weighted by atomic mass is 10.2. The molecule has 0 aliphatic rings. The number of pyridine rings is 1. The summed E-state index contributed by atoms with van der Waals surface area (Å²) in [7, 11) is 1.78. The van der Waals surface area contributed by atoms with Crippen LogP contribution in [0.4, 0.5) is 0 Å². The van der Waals surface area contributed by atoms with Gasteiger partial charge in [0, 0.05) is 48.4 Å². The number of aryl methyl sites for hydroxylation is 2. The molecule has 0 saturated carbocycles. The molecule has 0 unspecified atom stereocenters. The average Bonchev–Trinajstić information content (AvgIpc) is 2.86. The Labute approximate surface area is 127 Å². The molecule has 112 valence electrons. The number of hydrogen-bond acceptors (Lipinski definition) is 4. The summed E-state index contributed by atoms with van der Waals surface area (Å²) in [5.74, 6) is -0.0899. The summed E-state index contributed by atoms with van der Waals surface area (Å²) in [5.41, 5.74) is 1.98. The van der Waals surface area contributed by atoms with E-state index in [4.69, 9.17) is 0 Å². The van der Waals surface area contributed by atoms with Gasteiger partial charge in [0.1, 0.15) is 5.69 Å². The zero-order valence-electron chi connectivity index (χ0n) is 12.6. The maximum atomic E-state index is 12.2. The van der Waals surface area contributed by atoms with Gasteiger partial charge in [0.15, 0.2) is 5.43 Å². The summed E-state index contributed by atoms with van der Waals surface area (Å²) in [4.78, 5) is 28.2. The fraction of sp³-hybridized carbons (Fsp3) is 0.400. The number of nitrogens with zero attached hydrogens (tertiary/aromatic N) is 2. The topological polar surface area (TPSA) is 64.0 Å². The molecule has 5 nitrogen and oxygen atoms in total. The zero-order chi connectivity index (χ0) is 15.6. The van der Waals surface area contributed by atoms with Crippen LogP contribution in [0.15, 0.2) is 22.3 Å². The van der Waals surface area contributed by atoms with Crippen molar-refractivity contribution in [3.8, 4) is 0 Å². The molecule has 1 atom stereocenters. The molecule has 0 aliphatic heterocycles. The van der Waals surface area contributed by atoms with Crippen LogP contribution in [-0.2, 0) is 7.05 Å². The van der Waals surface area contributed by atoms with Gasteiger partial charge in [-0.05, 0) is 13.8 Å². The number of aromatic nitrogens is 2. The average molecular weight is 305 g/mol. The molecule has 21 heavy (non-hydrogen) atoms. The Morgan fingerprint density at radius 2 is 2.14 bits per heavy atom. The predicted octanol–water partition coefficient (Wildman–Crippen LogP) is 1.99. The van der Waals surface area contributed by atoms with Gasteiger partial charge in [0.2, 0.25) is 0 Å². The molecule has 0 saturated heterocycles. The molecule has 2 aromatic rings. The van der Waals surface area contributed by atoms with Crippen molar-refractivity contribution in [1.29, 1.82) is 0 Å². The van der Waals surface area contributed by atoms with Crippen molar-refractivity contribution < 1.29 is 4.79 Å². The number of carbonyl (C=O) groups is 1. The monoisotopic (exact) mass is 305 g/mol. The number of thiazole rings is 1. The third kappa shape index (κ3) is 3.58. The molecule has 6 heteroatoms. The first-order valence-electron chi connectivity index (χ1n) is 6.76. The number of hydrogen-bond donors (Lipinski definition) is 1. The van der Waals surface area contributed by atoms with Crippen LogP contribution in [0.25, 0.3) is 0 Å². The van der Waals surface area contributed by atoms with Crippen molar-refractivity contribution in [3.05, 3.63) is 49.8 Å². The van der Waals surface area contributed by atoms with E-state index < -0.39 is 0 Å². The Hall–Kier alpha value is -1.95. The van der Waals surface area contributed by atoms with Gasteiger partial charge in [0.25, 0.3) is 5.91 Å². The van der Waals surface area contributed by atoms with E-state index in [1.807, 2.05) is 19.2 Å². The second-order valence-corrected chi connectivity index (χ2v) is 6.10. The first-order valence-corrected chi connectivity index (χ1v) is 7.64. The second-order valence-electron chi connectivity index (χ2n) is 5.21. The molecule has 0 fully saturated rings. The van der Waals surface area contributed by atoms with Crippen LogP contribution < -0.4 is 10.7 Å². The van der Waals surface area contributed by atoms with Gasteiger partial charge < -0.3 is 9.88 Å². The molecule has 2 aromatic heterocycles. The summed E-state index contributed by atoms with van der Waals surface area (Å²) in [5, 5.41) is 5.87. The van der Waals surface area contributed by atoms with Crippen molar-refractivity contribution >= 4 is 17.2 Å². The van der Waals surface area contributed by atoms with Crippen molar-refractivity contribution in [2.45, 2.75) is 26.7 Å². The maximum Gasteiger partial charge on any atom is 0.268 e. The van der Waals surface area contributed by atoms with Gasteiger partial charge in [0.05, 0.1) is 5.01 Å². The van der Waals surface area contributed by atoms with Crippen LogP contribution in [0.5, 0.6) is 0 Å². The zero-order valence-corrected chi connectivity index (χ0v) is 13.5. The lowest BCUT2D eigenvalue weighted by Crippen LogP contribution is -2.31. The highest BCUT2D eigenvalue weighted by atomic mass is 32.1. The van der Waals surface area contributed by atoms with Crippen LogP contribution in [0.2, 0.25) is 0 Å². The van der Waals surface area contributed by atoms with Crippen molar-refractivity contribution in [3.63, 3.8) is 0 Å². The lowest BCUT2D eigenvalue weighted by molar-refractivity contribution is 0.0942. The quantitative estimate of drug-likeness (QED) is 0.939. The largest absolute Gasteiger partial charge is 0.350 e. The van der Waals surface area contributed by atoms with E-state index in [1.54, 1.807) is 29.9 Å². The molecule has 2 rings (SSSR count). The third-order valence-corrected chi connectivity index (χ3v) is 4.57. The van der Waals surface area contributed by atoms with E-state index in [0.717, 1.165) is 16.4 Å². The Balaban J connectivity index is 2.07. The van der Waals surface area contributed by atoms with Crippen LogP contribution in [0, 0.1) is 13.8 Å². The van der Waals surface area contributed by atoms with Crippen LogP contribution in [-0.4, -0.2) is 22.0 Å². The van der Waals surface area contributed by atoms with Crippen molar-refractivity contribution in [2.75, 3.05) is 6.54 Å². The van der Waals surface area contributed by atoms with E-state index in [9.17, 15) is 9.59 Å². The first-order chi connectivity index (χ1) is 9.88. The minimum atomic E-state index is -0.238. The molecular formula is C15H19N3O2S. The normalized spacial score (nSPS) is 12.2. The minimum absolute atomic E-state index is 0.148. The van der Waals surface area contributed by atoms with Crippen LogP contribution in [0.3, 0.4) is 0 Å². The highest BCUT2D eigenvalue weighted by molar-refractivity contribution is 7.09. The highest BCUT2D eigenvalue weighted by Gasteiger charge is 2.14. The molecule has 0 spiro atoms. The molecule has 0 aromatic carbocycles. The molecule has 0 radical (unpaired) electrons. The van der Waals surface area contributed by atoms with E-state index in [0.29, 0.717) is 12.2 Å². The van der Waals surface area contributed by atoms with Gasteiger partial charge in [-0.25, -0.2) is 4.98 Å². The lowest BCUT2D eigenvalue weighted by Gasteiger charge is -2.13. The molecule has 0 aliphatic carbocycles.